The maximum Gasteiger partial charge on any atom is 0.339 e. The van der Waals surface area contributed by atoms with Gasteiger partial charge in [0.15, 0.2) is 6.61 Å². The standard InChI is InChI=1S/C24H22N2O3/c1-15-11-17(13-16-7-3-2-4-8-16)23-19(12-15)22(24(28)29-14-21(25)27)18-9-5-6-10-20(18)26-23/h2-10,13,15H,11-12,14H2,1H3,(H2,25,27)/b17-13+/t15-/m1/s1. The number of allylic oxidation sites excluding steroid dienone is 1. The summed E-state index contributed by atoms with van der Waals surface area (Å²) in [6, 6.07) is 17.6. The number of rotatable bonds is 4. The Labute approximate surface area is 169 Å². The van der Waals surface area contributed by atoms with Gasteiger partial charge in [-0.1, -0.05) is 55.5 Å². The highest BCUT2D eigenvalue weighted by Crippen LogP contribution is 2.38. The third-order valence-corrected chi connectivity index (χ3v) is 5.11. The van der Waals surface area contributed by atoms with E-state index in [1.165, 1.54) is 0 Å². The summed E-state index contributed by atoms with van der Waals surface area (Å²) in [5, 5.41) is 0.730. The van der Waals surface area contributed by atoms with Crippen molar-refractivity contribution in [3.8, 4) is 0 Å². The number of primary amides is 1. The molecule has 29 heavy (non-hydrogen) atoms. The maximum atomic E-state index is 12.9. The summed E-state index contributed by atoms with van der Waals surface area (Å²) in [6.45, 7) is 1.72. The fraction of sp³-hybridized carbons (Fsp3) is 0.208. The molecule has 2 N–H and O–H groups in total. The van der Waals surface area contributed by atoms with Gasteiger partial charge in [-0.3, -0.25) is 4.79 Å². The van der Waals surface area contributed by atoms with E-state index in [2.05, 4.69) is 25.1 Å². The van der Waals surface area contributed by atoms with Crippen LogP contribution in [-0.4, -0.2) is 23.5 Å². The van der Waals surface area contributed by atoms with Crippen LogP contribution in [0.1, 0.15) is 40.5 Å². The summed E-state index contributed by atoms with van der Waals surface area (Å²) in [4.78, 5) is 28.9. The lowest BCUT2D eigenvalue weighted by Crippen LogP contribution is -2.23. The first-order valence-corrected chi connectivity index (χ1v) is 9.66. The molecule has 0 radical (unpaired) electrons. The van der Waals surface area contributed by atoms with Gasteiger partial charge in [-0.25, -0.2) is 9.78 Å². The molecule has 1 atom stereocenters. The number of carbonyl (C=O) groups is 2. The Bertz CT molecular complexity index is 1120. The summed E-state index contributed by atoms with van der Waals surface area (Å²) in [7, 11) is 0. The maximum absolute atomic E-state index is 12.9. The minimum atomic E-state index is -0.677. The molecule has 3 aromatic rings. The van der Waals surface area contributed by atoms with E-state index in [1.807, 2.05) is 42.5 Å². The van der Waals surface area contributed by atoms with E-state index in [0.717, 1.165) is 46.1 Å². The molecule has 0 spiro atoms. The predicted molar refractivity (Wildman–Crippen MR) is 113 cm³/mol. The average molecular weight is 386 g/mol. The first-order chi connectivity index (χ1) is 14.0. The molecular formula is C24H22N2O3. The van der Waals surface area contributed by atoms with Crippen LogP contribution in [-0.2, 0) is 16.0 Å². The third kappa shape index (κ3) is 3.90. The van der Waals surface area contributed by atoms with E-state index in [4.69, 9.17) is 15.5 Å². The molecule has 5 nitrogen and oxygen atoms in total. The van der Waals surface area contributed by atoms with Crippen LogP contribution in [0.4, 0.5) is 0 Å². The van der Waals surface area contributed by atoms with Gasteiger partial charge in [-0.15, -0.1) is 0 Å². The molecule has 1 amide bonds. The summed E-state index contributed by atoms with van der Waals surface area (Å²) in [5.41, 5.74) is 10.3. The monoisotopic (exact) mass is 386 g/mol. The van der Waals surface area contributed by atoms with Crippen molar-refractivity contribution in [2.24, 2.45) is 11.7 Å². The molecule has 0 bridgehead atoms. The van der Waals surface area contributed by atoms with Gasteiger partial charge in [-0.2, -0.15) is 0 Å². The first kappa shape index (κ1) is 18.9. The van der Waals surface area contributed by atoms with Crippen molar-refractivity contribution >= 4 is 34.4 Å². The lowest BCUT2D eigenvalue weighted by molar-refractivity contribution is -0.121. The van der Waals surface area contributed by atoms with Gasteiger partial charge in [-0.05, 0) is 47.6 Å². The molecule has 0 fully saturated rings. The number of carbonyl (C=O) groups excluding carboxylic acids is 2. The summed E-state index contributed by atoms with van der Waals surface area (Å²) in [5.74, 6) is -0.862. The van der Waals surface area contributed by atoms with Crippen LogP contribution in [0, 0.1) is 5.92 Å². The Balaban J connectivity index is 1.91. The smallest absolute Gasteiger partial charge is 0.339 e. The van der Waals surface area contributed by atoms with Crippen molar-refractivity contribution in [3.63, 3.8) is 0 Å². The number of esters is 1. The van der Waals surface area contributed by atoms with Gasteiger partial charge in [0.25, 0.3) is 5.91 Å². The number of hydrogen-bond donors (Lipinski definition) is 1. The zero-order chi connectivity index (χ0) is 20.4. The Morgan fingerprint density at radius 1 is 1.10 bits per heavy atom. The highest BCUT2D eigenvalue weighted by atomic mass is 16.5. The number of pyridine rings is 1. The van der Waals surface area contributed by atoms with Crippen LogP contribution in [0.3, 0.4) is 0 Å². The van der Waals surface area contributed by atoms with E-state index in [-0.39, 0.29) is 0 Å². The minimum Gasteiger partial charge on any atom is -0.452 e. The van der Waals surface area contributed by atoms with E-state index >= 15 is 0 Å². The van der Waals surface area contributed by atoms with Crippen LogP contribution in [0.5, 0.6) is 0 Å². The highest BCUT2D eigenvalue weighted by Gasteiger charge is 2.28. The van der Waals surface area contributed by atoms with Gasteiger partial charge < -0.3 is 10.5 Å². The molecular weight excluding hydrogens is 364 g/mol. The van der Waals surface area contributed by atoms with Crippen LogP contribution in [0.15, 0.2) is 54.6 Å². The molecule has 5 heteroatoms. The van der Waals surface area contributed by atoms with E-state index in [9.17, 15) is 9.59 Å². The van der Waals surface area contributed by atoms with Gasteiger partial charge in [0.1, 0.15) is 0 Å². The molecule has 0 aliphatic heterocycles. The number of benzene rings is 2. The van der Waals surface area contributed by atoms with Crippen molar-refractivity contribution < 1.29 is 14.3 Å². The Morgan fingerprint density at radius 3 is 2.59 bits per heavy atom. The zero-order valence-corrected chi connectivity index (χ0v) is 16.2. The number of nitrogens with zero attached hydrogens (tertiary/aromatic N) is 1. The quantitative estimate of drug-likeness (QED) is 0.687. The SMILES string of the molecule is C[C@@H]1C/C(=C\c2ccccc2)c2nc3ccccc3c(C(=O)OCC(N)=O)c2C1. The molecule has 0 saturated heterocycles. The molecule has 1 aliphatic carbocycles. The minimum absolute atomic E-state index is 0.350. The number of ether oxygens (including phenoxy) is 1. The number of amides is 1. The summed E-state index contributed by atoms with van der Waals surface area (Å²) in [6.07, 6.45) is 3.73. The Kier molecular flexibility index (Phi) is 5.12. The van der Waals surface area contributed by atoms with E-state index in [1.54, 1.807) is 0 Å². The molecule has 0 unspecified atom stereocenters. The number of aromatic nitrogens is 1. The molecule has 146 valence electrons. The lowest BCUT2D eigenvalue weighted by atomic mass is 9.80. The Hall–Kier alpha value is -3.47. The van der Waals surface area contributed by atoms with Gasteiger partial charge >= 0.3 is 5.97 Å². The fourth-order valence-corrected chi connectivity index (χ4v) is 3.93. The Morgan fingerprint density at radius 2 is 1.83 bits per heavy atom. The highest BCUT2D eigenvalue weighted by molar-refractivity contribution is 6.07. The van der Waals surface area contributed by atoms with Crippen molar-refractivity contribution in [1.82, 2.24) is 4.98 Å². The summed E-state index contributed by atoms with van der Waals surface area (Å²) >= 11 is 0. The third-order valence-electron chi connectivity index (χ3n) is 5.11. The lowest BCUT2D eigenvalue weighted by Gasteiger charge is -2.26. The van der Waals surface area contributed by atoms with Gasteiger partial charge in [0.2, 0.25) is 0 Å². The van der Waals surface area contributed by atoms with Crippen molar-refractivity contribution in [2.45, 2.75) is 19.8 Å². The normalized spacial score (nSPS) is 17.1. The number of hydrogen-bond acceptors (Lipinski definition) is 4. The van der Waals surface area contributed by atoms with Crippen molar-refractivity contribution in [2.75, 3.05) is 6.61 Å². The summed E-state index contributed by atoms with van der Waals surface area (Å²) < 4.78 is 5.19. The number of fused-ring (bicyclic) bond motifs is 2. The van der Waals surface area contributed by atoms with Crippen molar-refractivity contribution in [1.29, 1.82) is 0 Å². The fourth-order valence-electron chi connectivity index (χ4n) is 3.93. The molecule has 0 saturated carbocycles. The first-order valence-electron chi connectivity index (χ1n) is 9.66. The van der Waals surface area contributed by atoms with Crippen molar-refractivity contribution in [3.05, 3.63) is 77.0 Å². The average Bonchev–Trinajstić information content (AvgIpc) is 2.71. The molecule has 4 rings (SSSR count). The van der Waals surface area contributed by atoms with E-state index < -0.39 is 18.5 Å². The van der Waals surface area contributed by atoms with Crippen LogP contribution < -0.4 is 5.73 Å². The second-order valence-corrected chi connectivity index (χ2v) is 7.47. The number of para-hydroxylation sites is 1. The van der Waals surface area contributed by atoms with Crippen LogP contribution in [0.2, 0.25) is 0 Å². The molecule has 1 heterocycles. The zero-order valence-electron chi connectivity index (χ0n) is 16.2. The predicted octanol–water partition coefficient (Wildman–Crippen LogP) is 4.00. The van der Waals surface area contributed by atoms with Gasteiger partial charge in [0.05, 0.1) is 16.8 Å². The van der Waals surface area contributed by atoms with Gasteiger partial charge in [0, 0.05) is 5.39 Å². The molecule has 1 aliphatic rings. The molecule has 2 aromatic carbocycles. The van der Waals surface area contributed by atoms with Crippen LogP contribution >= 0.6 is 0 Å². The second-order valence-electron chi connectivity index (χ2n) is 7.47. The number of nitrogens with two attached hydrogens (primary N) is 1. The van der Waals surface area contributed by atoms with Crippen LogP contribution in [0.25, 0.3) is 22.6 Å². The van der Waals surface area contributed by atoms with E-state index in [0.29, 0.717) is 11.5 Å². The second kappa shape index (κ2) is 7.87. The molecule has 1 aromatic heterocycles. The largest absolute Gasteiger partial charge is 0.452 e. The topological polar surface area (TPSA) is 82.3 Å².